The van der Waals surface area contributed by atoms with Crippen LogP contribution in [0, 0.1) is 11.3 Å². The van der Waals surface area contributed by atoms with Gasteiger partial charge in [-0.25, -0.2) is 4.98 Å². The molecule has 0 aliphatic carbocycles. The standard InChI is InChI=1S/C16H17N3O3/c1-10(20)11(6-17)4-12-7-18-15-14(12)5-13(8-19-15)22-9-16(2,3)21/h4-5,7-8,21H,9H2,1-3H3,(H,18,19). The highest BCUT2D eigenvalue weighted by molar-refractivity contribution is 6.03. The molecule has 2 aromatic rings. The number of carbonyl (C=O) groups excluding carboxylic acids is 1. The summed E-state index contributed by atoms with van der Waals surface area (Å²) in [5.74, 6) is 0.212. The van der Waals surface area contributed by atoms with E-state index in [0.29, 0.717) is 17.0 Å². The zero-order valence-electron chi connectivity index (χ0n) is 12.7. The first-order chi connectivity index (χ1) is 10.3. The highest BCUT2D eigenvalue weighted by Gasteiger charge is 2.14. The Morgan fingerprint density at radius 2 is 2.32 bits per heavy atom. The van der Waals surface area contributed by atoms with Crippen molar-refractivity contribution in [3.8, 4) is 11.8 Å². The van der Waals surface area contributed by atoms with E-state index in [9.17, 15) is 9.90 Å². The number of nitrogens with zero attached hydrogens (tertiary/aromatic N) is 2. The van der Waals surface area contributed by atoms with Gasteiger partial charge in [0.1, 0.15) is 24.1 Å². The SMILES string of the molecule is CC(=O)C(C#N)=Cc1c[nH]c2ncc(OCC(C)(C)O)cc12. The number of fused-ring (bicyclic) bond motifs is 1. The summed E-state index contributed by atoms with van der Waals surface area (Å²) in [4.78, 5) is 18.5. The molecule has 2 aromatic heterocycles. The number of carbonyl (C=O) groups is 1. The quantitative estimate of drug-likeness (QED) is 0.651. The fourth-order valence-corrected chi connectivity index (χ4v) is 1.83. The minimum Gasteiger partial charge on any atom is -0.489 e. The third-order valence-corrected chi connectivity index (χ3v) is 2.93. The Hall–Kier alpha value is -2.65. The van der Waals surface area contributed by atoms with Gasteiger partial charge in [0.2, 0.25) is 0 Å². The van der Waals surface area contributed by atoms with Crippen molar-refractivity contribution in [2.24, 2.45) is 0 Å². The highest BCUT2D eigenvalue weighted by Crippen LogP contribution is 2.24. The van der Waals surface area contributed by atoms with Gasteiger partial charge in [-0.1, -0.05) is 0 Å². The maximum atomic E-state index is 11.3. The first-order valence-corrected chi connectivity index (χ1v) is 6.75. The van der Waals surface area contributed by atoms with Gasteiger partial charge in [0.25, 0.3) is 0 Å². The summed E-state index contributed by atoms with van der Waals surface area (Å²) in [7, 11) is 0. The minimum atomic E-state index is -0.946. The lowest BCUT2D eigenvalue weighted by atomic mass is 10.1. The summed E-state index contributed by atoms with van der Waals surface area (Å²) in [5.41, 5.74) is 0.438. The van der Waals surface area contributed by atoms with E-state index in [1.54, 1.807) is 32.3 Å². The van der Waals surface area contributed by atoms with Crippen LogP contribution < -0.4 is 4.74 Å². The predicted octanol–water partition coefficient (Wildman–Crippen LogP) is 2.21. The van der Waals surface area contributed by atoms with Crippen molar-refractivity contribution in [2.45, 2.75) is 26.4 Å². The monoisotopic (exact) mass is 299 g/mol. The fourth-order valence-electron chi connectivity index (χ4n) is 1.83. The zero-order chi connectivity index (χ0) is 16.3. The maximum absolute atomic E-state index is 11.3. The van der Waals surface area contributed by atoms with Gasteiger partial charge in [-0.05, 0) is 32.9 Å². The predicted molar refractivity (Wildman–Crippen MR) is 82.2 cm³/mol. The molecule has 22 heavy (non-hydrogen) atoms. The summed E-state index contributed by atoms with van der Waals surface area (Å²) in [6, 6.07) is 3.63. The Morgan fingerprint density at radius 1 is 1.59 bits per heavy atom. The number of allylic oxidation sites excluding steroid dienone is 1. The lowest BCUT2D eigenvalue weighted by Crippen LogP contribution is -2.27. The van der Waals surface area contributed by atoms with E-state index in [1.165, 1.54) is 13.0 Å². The van der Waals surface area contributed by atoms with E-state index >= 15 is 0 Å². The number of H-pyrrole nitrogens is 1. The van der Waals surface area contributed by atoms with Crippen molar-refractivity contribution in [1.82, 2.24) is 9.97 Å². The summed E-state index contributed by atoms with van der Waals surface area (Å²) in [5, 5.41) is 19.4. The van der Waals surface area contributed by atoms with Gasteiger partial charge in [0.05, 0.1) is 17.4 Å². The van der Waals surface area contributed by atoms with E-state index < -0.39 is 5.60 Å². The molecule has 0 saturated heterocycles. The van der Waals surface area contributed by atoms with E-state index in [-0.39, 0.29) is 18.0 Å². The number of ketones is 1. The molecule has 0 aliphatic rings. The van der Waals surface area contributed by atoms with Crippen LogP contribution in [0.4, 0.5) is 0 Å². The molecule has 2 N–H and O–H groups in total. The number of Topliss-reactive ketones (excluding diaryl/α,β-unsaturated/α-hetero) is 1. The van der Waals surface area contributed by atoms with Gasteiger partial charge in [-0.3, -0.25) is 4.79 Å². The molecule has 0 bridgehead atoms. The normalized spacial score (nSPS) is 12.2. The maximum Gasteiger partial charge on any atom is 0.170 e. The lowest BCUT2D eigenvalue weighted by Gasteiger charge is -2.17. The number of rotatable bonds is 5. The van der Waals surface area contributed by atoms with Crippen LogP contribution in [-0.2, 0) is 4.79 Å². The summed E-state index contributed by atoms with van der Waals surface area (Å²) in [6.07, 6.45) is 4.74. The van der Waals surface area contributed by atoms with Crippen LogP contribution in [0.2, 0.25) is 0 Å². The number of nitrogens with one attached hydrogen (secondary N) is 1. The van der Waals surface area contributed by atoms with Crippen molar-refractivity contribution in [3.63, 3.8) is 0 Å². The molecule has 0 aliphatic heterocycles. The molecule has 6 heteroatoms. The molecule has 0 atom stereocenters. The summed E-state index contributed by atoms with van der Waals surface area (Å²) < 4.78 is 5.50. The molecule has 2 heterocycles. The molecule has 0 fully saturated rings. The molecule has 2 rings (SSSR count). The topological polar surface area (TPSA) is 99.0 Å². The van der Waals surface area contributed by atoms with Gasteiger partial charge in [-0.15, -0.1) is 0 Å². The number of aromatic nitrogens is 2. The second-order valence-corrected chi connectivity index (χ2v) is 5.64. The number of aromatic amines is 1. The average molecular weight is 299 g/mol. The van der Waals surface area contributed by atoms with E-state index in [0.717, 1.165) is 5.39 Å². The van der Waals surface area contributed by atoms with Crippen LogP contribution >= 0.6 is 0 Å². The Labute approximate surface area is 128 Å². The average Bonchev–Trinajstić information content (AvgIpc) is 2.83. The second-order valence-electron chi connectivity index (χ2n) is 5.64. The van der Waals surface area contributed by atoms with Gasteiger partial charge >= 0.3 is 0 Å². The molecule has 0 radical (unpaired) electrons. The van der Waals surface area contributed by atoms with Crippen LogP contribution in [0.25, 0.3) is 17.1 Å². The molecule has 0 unspecified atom stereocenters. The number of hydrogen-bond donors (Lipinski definition) is 2. The van der Waals surface area contributed by atoms with E-state index in [2.05, 4.69) is 9.97 Å². The van der Waals surface area contributed by atoms with Crippen molar-refractivity contribution in [3.05, 3.63) is 29.6 Å². The van der Waals surface area contributed by atoms with E-state index in [4.69, 9.17) is 10.00 Å². The van der Waals surface area contributed by atoms with Crippen molar-refractivity contribution in [2.75, 3.05) is 6.61 Å². The molecule has 114 valence electrons. The van der Waals surface area contributed by atoms with Crippen LogP contribution in [0.3, 0.4) is 0 Å². The Kier molecular flexibility index (Phi) is 4.29. The Bertz CT molecular complexity index is 776. The zero-order valence-corrected chi connectivity index (χ0v) is 12.7. The minimum absolute atomic E-state index is 0.0729. The lowest BCUT2D eigenvalue weighted by molar-refractivity contribution is -0.113. The number of hydrogen-bond acceptors (Lipinski definition) is 5. The highest BCUT2D eigenvalue weighted by atomic mass is 16.5. The molecular weight excluding hydrogens is 282 g/mol. The third kappa shape index (κ3) is 3.71. The van der Waals surface area contributed by atoms with Crippen LogP contribution in [-0.4, -0.2) is 33.1 Å². The number of nitriles is 1. The first-order valence-electron chi connectivity index (χ1n) is 6.75. The molecule has 6 nitrogen and oxygen atoms in total. The first kappa shape index (κ1) is 15.7. The molecular formula is C16H17N3O3. The van der Waals surface area contributed by atoms with Crippen molar-refractivity contribution >= 4 is 22.9 Å². The van der Waals surface area contributed by atoms with Crippen LogP contribution in [0.1, 0.15) is 26.3 Å². The van der Waals surface area contributed by atoms with Gasteiger partial charge < -0.3 is 14.8 Å². The Morgan fingerprint density at radius 3 is 2.91 bits per heavy atom. The molecule has 0 saturated carbocycles. The Balaban J connectivity index is 2.38. The fraction of sp³-hybridized carbons (Fsp3) is 0.312. The molecule has 0 amide bonds. The third-order valence-electron chi connectivity index (χ3n) is 2.93. The number of pyridine rings is 1. The van der Waals surface area contributed by atoms with Crippen molar-refractivity contribution in [1.29, 1.82) is 5.26 Å². The van der Waals surface area contributed by atoms with Crippen LogP contribution in [0.5, 0.6) is 5.75 Å². The smallest absolute Gasteiger partial charge is 0.170 e. The van der Waals surface area contributed by atoms with Crippen LogP contribution in [0.15, 0.2) is 24.0 Å². The number of ether oxygens (including phenoxy) is 1. The van der Waals surface area contributed by atoms with Gasteiger partial charge in [0, 0.05) is 17.1 Å². The number of aliphatic hydroxyl groups is 1. The second kappa shape index (κ2) is 6.00. The summed E-state index contributed by atoms with van der Waals surface area (Å²) in [6.45, 7) is 4.78. The van der Waals surface area contributed by atoms with Gasteiger partial charge in [-0.2, -0.15) is 5.26 Å². The summed E-state index contributed by atoms with van der Waals surface area (Å²) >= 11 is 0. The molecule has 0 spiro atoms. The largest absolute Gasteiger partial charge is 0.489 e. The van der Waals surface area contributed by atoms with Crippen molar-refractivity contribution < 1.29 is 14.6 Å². The molecule has 0 aromatic carbocycles. The van der Waals surface area contributed by atoms with E-state index in [1.807, 2.05) is 6.07 Å². The van der Waals surface area contributed by atoms with Gasteiger partial charge in [0.15, 0.2) is 5.78 Å².